The molecular weight excluding hydrogens is 354 g/mol. The molecule has 0 radical (unpaired) electrons. The molecule has 1 amide bonds. The van der Waals surface area contributed by atoms with E-state index in [0.717, 1.165) is 10.6 Å². The molecule has 0 aliphatic rings. The molecular formula is C18H19N3O4S. The van der Waals surface area contributed by atoms with Crippen LogP contribution in [0.3, 0.4) is 0 Å². The van der Waals surface area contributed by atoms with E-state index in [2.05, 4.69) is 5.32 Å². The van der Waals surface area contributed by atoms with E-state index in [1.54, 1.807) is 55.5 Å². The second-order valence-electron chi connectivity index (χ2n) is 5.38. The predicted octanol–water partition coefficient (Wildman–Crippen LogP) is 2.36. The number of hydrogen-bond acceptors (Lipinski definition) is 5. The average Bonchev–Trinajstić information content (AvgIpc) is 2.60. The van der Waals surface area contributed by atoms with Gasteiger partial charge in [-0.2, -0.15) is 5.26 Å². The standard InChI is InChI=1S/C18H19N3O4S/c1-3-25-17-11-7-6-10-16(17)21(26(2,23)24)13-18(22)20-15-9-5-4-8-14(15)12-19/h4-11H,3,13H2,1-2H3,(H,20,22). The molecule has 26 heavy (non-hydrogen) atoms. The molecule has 0 aromatic heterocycles. The van der Waals surface area contributed by atoms with Crippen molar-refractivity contribution in [1.29, 1.82) is 5.26 Å². The third kappa shape index (κ3) is 4.74. The first-order valence-corrected chi connectivity index (χ1v) is 9.70. The molecule has 0 saturated heterocycles. The molecule has 2 rings (SSSR count). The second-order valence-corrected chi connectivity index (χ2v) is 7.28. The number of nitrogens with zero attached hydrogens (tertiary/aromatic N) is 2. The third-order valence-electron chi connectivity index (χ3n) is 3.44. The maximum absolute atomic E-state index is 12.4. The highest BCUT2D eigenvalue weighted by Crippen LogP contribution is 2.29. The number of rotatable bonds is 7. The van der Waals surface area contributed by atoms with Crippen molar-refractivity contribution < 1.29 is 17.9 Å². The van der Waals surface area contributed by atoms with Crippen molar-refractivity contribution in [2.75, 3.05) is 29.0 Å². The smallest absolute Gasteiger partial charge is 0.245 e. The number of nitrogens with one attached hydrogen (secondary N) is 1. The fourth-order valence-corrected chi connectivity index (χ4v) is 3.19. The monoisotopic (exact) mass is 373 g/mol. The van der Waals surface area contributed by atoms with E-state index in [1.807, 2.05) is 6.07 Å². The number of anilines is 2. The highest BCUT2D eigenvalue weighted by atomic mass is 32.2. The van der Waals surface area contributed by atoms with Gasteiger partial charge >= 0.3 is 0 Å². The maximum atomic E-state index is 12.4. The number of sulfonamides is 1. The van der Waals surface area contributed by atoms with Gasteiger partial charge in [-0.15, -0.1) is 0 Å². The summed E-state index contributed by atoms with van der Waals surface area (Å²) in [7, 11) is -3.73. The zero-order valence-corrected chi connectivity index (χ0v) is 15.3. The van der Waals surface area contributed by atoms with E-state index in [0.29, 0.717) is 23.6 Å². The van der Waals surface area contributed by atoms with Crippen LogP contribution in [0.4, 0.5) is 11.4 Å². The molecule has 0 fully saturated rings. The quantitative estimate of drug-likeness (QED) is 0.803. The van der Waals surface area contributed by atoms with Gasteiger partial charge in [-0.1, -0.05) is 24.3 Å². The number of hydrogen-bond donors (Lipinski definition) is 1. The van der Waals surface area contributed by atoms with Gasteiger partial charge in [0.2, 0.25) is 15.9 Å². The Balaban J connectivity index is 2.30. The number of carbonyl (C=O) groups excluding carboxylic acids is 1. The second kappa shape index (κ2) is 8.36. The third-order valence-corrected chi connectivity index (χ3v) is 4.57. The summed E-state index contributed by atoms with van der Waals surface area (Å²) in [5.74, 6) is -0.199. The van der Waals surface area contributed by atoms with Crippen LogP contribution in [0.15, 0.2) is 48.5 Å². The van der Waals surface area contributed by atoms with Gasteiger partial charge in [-0.3, -0.25) is 9.10 Å². The molecule has 1 N–H and O–H groups in total. The van der Waals surface area contributed by atoms with Crippen LogP contribution in [0.2, 0.25) is 0 Å². The van der Waals surface area contributed by atoms with Crippen LogP contribution in [0.1, 0.15) is 12.5 Å². The Morgan fingerprint density at radius 2 is 1.85 bits per heavy atom. The Kier molecular flexibility index (Phi) is 6.20. The van der Waals surface area contributed by atoms with E-state index in [4.69, 9.17) is 10.00 Å². The summed E-state index contributed by atoms with van der Waals surface area (Å²) in [6.45, 7) is 1.70. The van der Waals surface area contributed by atoms with Crippen molar-refractivity contribution in [3.8, 4) is 11.8 Å². The van der Waals surface area contributed by atoms with Crippen LogP contribution in [0.5, 0.6) is 5.75 Å². The predicted molar refractivity (Wildman–Crippen MR) is 99.6 cm³/mol. The summed E-state index contributed by atoms with van der Waals surface area (Å²) >= 11 is 0. The molecule has 2 aromatic carbocycles. The topological polar surface area (TPSA) is 99.5 Å². The van der Waals surface area contributed by atoms with Crippen molar-refractivity contribution >= 4 is 27.3 Å². The van der Waals surface area contributed by atoms with E-state index < -0.39 is 22.5 Å². The van der Waals surface area contributed by atoms with Crippen LogP contribution in [0.25, 0.3) is 0 Å². The Labute approximate surface area is 152 Å². The van der Waals surface area contributed by atoms with E-state index >= 15 is 0 Å². The lowest BCUT2D eigenvalue weighted by Gasteiger charge is -2.24. The first-order valence-electron chi connectivity index (χ1n) is 7.85. The summed E-state index contributed by atoms with van der Waals surface area (Å²) in [6.07, 6.45) is 1.02. The minimum absolute atomic E-state index is 0.278. The Morgan fingerprint density at radius 1 is 1.19 bits per heavy atom. The number of ether oxygens (including phenoxy) is 1. The van der Waals surface area contributed by atoms with Crippen LogP contribution < -0.4 is 14.4 Å². The van der Waals surface area contributed by atoms with E-state index in [9.17, 15) is 13.2 Å². The number of para-hydroxylation sites is 3. The van der Waals surface area contributed by atoms with Crippen LogP contribution in [0, 0.1) is 11.3 Å². The van der Waals surface area contributed by atoms with Crippen LogP contribution in [-0.4, -0.2) is 33.7 Å². The number of carbonyl (C=O) groups is 1. The van der Waals surface area contributed by atoms with Crippen molar-refractivity contribution in [3.05, 3.63) is 54.1 Å². The molecule has 0 bridgehead atoms. The lowest BCUT2D eigenvalue weighted by molar-refractivity contribution is -0.114. The van der Waals surface area contributed by atoms with Gasteiger partial charge in [0.1, 0.15) is 18.4 Å². The SMILES string of the molecule is CCOc1ccccc1N(CC(=O)Nc1ccccc1C#N)S(C)(=O)=O. The van der Waals surface area contributed by atoms with Gasteiger partial charge in [-0.25, -0.2) is 8.42 Å². The zero-order valence-electron chi connectivity index (χ0n) is 14.5. The molecule has 136 valence electrons. The molecule has 0 aliphatic carbocycles. The summed E-state index contributed by atoms with van der Waals surface area (Å²) in [5, 5.41) is 11.7. The fourth-order valence-electron chi connectivity index (χ4n) is 2.33. The van der Waals surface area contributed by atoms with E-state index in [-0.39, 0.29) is 5.69 Å². The molecule has 2 aromatic rings. The van der Waals surface area contributed by atoms with Crippen LogP contribution >= 0.6 is 0 Å². The molecule has 0 unspecified atom stereocenters. The number of amides is 1. The van der Waals surface area contributed by atoms with Crippen molar-refractivity contribution in [1.82, 2.24) is 0 Å². The summed E-state index contributed by atoms with van der Waals surface area (Å²) in [6, 6.07) is 15.1. The Morgan fingerprint density at radius 3 is 2.50 bits per heavy atom. The zero-order chi connectivity index (χ0) is 19.2. The van der Waals surface area contributed by atoms with E-state index in [1.165, 1.54) is 0 Å². The molecule has 0 spiro atoms. The fraction of sp³-hybridized carbons (Fsp3) is 0.222. The largest absolute Gasteiger partial charge is 0.492 e. The first-order chi connectivity index (χ1) is 12.4. The van der Waals surface area contributed by atoms with Gasteiger partial charge < -0.3 is 10.1 Å². The highest BCUT2D eigenvalue weighted by Gasteiger charge is 2.24. The molecule has 0 aliphatic heterocycles. The molecule has 7 nitrogen and oxygen atoms in total. The summed E-state index contributed by atoms with van der Waals surface area (Å²) in [5.41, 5.74) is 0.897. The first kappa shape index (κ1) is 19.3. The molecule has 0 heterocycles. The minimum atomic E-state index is -3.73. The maximum Gasteiger partial charge on any atom is 0.245 e. The van der Waals surface area contributed by atoms with Gasteiger partial charge in [0.25, 0.3) is 0 Å². The van der Waals surface area contributed by atoms with Gasteiger partial charge in [0.05, 0.1) is 29.8 Å². The van der Waals surface area contributed by atoms with Gasteiger partial charge in [-0.05, 0) is 31.2 Å². The number of nitriles is 1. The summed E-state index contributed by atoms with van der Waals surface area (Å²) < 4.78 is 30.9. The average molecular weight is 373 g/mol. The van der Waals surface area contributed by atoms with Crippen LogP contribution in [-0.2, 0) is 14.8 Å². The lowest BCUT2D eigenvalue weighted by Crippen LogP contribution is -2.37. The highest BCUT2D eigenvalue weighted by molar-refractivity contribution is 7.92. The Bertz CT molecular complexity index is 935. The Hall–Kier alpha value is -3.05. The van der Waals surface area contributed by atoms with Gasteiger partial charge in [0.15, 0.2) is 0 Å². The van der Waals surface area contributed by atoms with Crippen molar-refractivity contribution in [2.45, 2.75) is 6.92 Å². The molecule has 8 heteroatoms. The lowest BCUT2D eigenvalue weighted by atomic mass is 10.2. The molecule has 0 saturated carbocycles. The molecule has 0 atom stereocenters. The minimum Gasteiger partial charge on any atom is -0.492 e. The number of benzene rings is 2. The van der Waals surface area contributed by atoms with Crippen molar-refractivity contribution in [2.24, 2.45) is 0 Å². The van der Waals surface area contributed by atoms with Crippen molar-refractivity contribution in [3.63, 3.8) is 0 Å². The van der Waals surface area contributed by atoms with Gasteiger partial charge in [0, 0.05) is 0 Å². The summed E-state index contributed by atoms with van der Waals surface area (Å²) in [4.78, 5) is 12.4. The normalized spacial score (nSPS) is 10.7.